The zero-order chi connectivity index (χ0) is 14.5. The topological polar surface area (TPSA) is 38.0 Å². The maximum Gasteiger partial charge on any atom is 0.106 e. The summed E-state index contributed by atoms with van der Waals surface area (Å²) in [5.74, 6) is 0. The molecule has 3 N–H and O–H groups in total. The molecule has 2 nitrogen and oxygen atoms in total. The molecular weight excluding hydrogens is 264 g/mol. The fraction of sp³-hybridized carbons (Fsp3) is 0.235. The average Bonchev–Trinajstić information content (AvgIpc) is 2.46. The van der Waals surface area contributed by atoms with Gasteiger partial charge < -0.3 is 11.1 Å². The van der Waals surface area contributed by atoms with Crippen LogP contribution in [-0.2, 0) is 13.0 Å². The molecule has 2 aromatic carbocycles. The normalized spacial score (nSPS) is 10.3. The number of aryl methyl sites for hydroxylation is 2. The Bertz CT molecular complexity index is 620. The Kier molecular flexibility index (Phi) is 4.74. The molecule has 0 amide bonds. The van der Waals surface area contributed by atoms with Crippen molar-refractivity contribution in [2.45, 2.75) is 26.8 Å². The summed E-state index contributed by atoms with van der Waals surface area (Å²) in [6.07, 6.45) is 1.04. The molecule has 0 aliphatic heterocycles. The molecule has 0 spiro atoms. The summed E-state index contributed by atoms with van der Waals surface area (Å²) >= 11 is 5.13. The maximum atomic E-state index is 5.80. The zero-order valence-corrected chi connectivity index (χ0v) is 12.8. The van der Waals surface area contributed by atoms with E-state index in [0.29, 0.717) is 4.99 Å². The molecular formula is C17H20N2S. The fourth-order valence-corrected chi connectivity index (χ4v) is 2.45. The van der Waals surface area contributed by atoms with Gasteiger partial charge in [-0.25, -0.2) is 0 Å². The van der Waals surface area contributed by atoms with Gasteiger partial charge in [0.05, 0.1) is 0 Å². The zero-order valence-electron chi connectivity index (χ0n) is 11.9. The van der Waals surface area contributed by atoms with Crippen LogP contribution in [-0.4, -0.2) is 4.99 Å². The van der Waals surface area contributed by atoms with Crippen molar-refractivity contribution in [3.8, 4) is 0 Å². The number of nitrogens with two attached hydrogens (primary N) is 1. The summed E-state index contributed by atoms with van der Waals surface area (Å²) in [6.45, 7) is 4.99. The van der Waals surface area contributed by atoms with Crippen LogP contribution in [0.1, 0.15) is 29.2 Å². The molecule has 0 aliphatic carbocycles. The van der Waals surface area contributed by atoms with Gasteiger partial charge in [0.1, 0.15) is 4.99 Å². The van der Waals surface area contributed by atoms with Crippen LogP contribution in [0.4, 0.5) is 5.69 Å². The van der Waals surface area contributed by atoms with E-state index in [2.05, 4.69) is 42.6 Å². The smallest absolute Gasteiger partial charge is 0.106 e. The Morgan fingerprint density at radius 3 is 2.50 bits per heavy atom. The van der Waals surface area contributed by atoms with E-state index in [0.717, 1.165) is 29.8 Å². The molecule has 0 bridgehead atoms. The highest BCUT2D eigenvalue weighted by Crippen LogP contribution is 2.19. The van der Waals surface area contributed by atoms with Crippen molar-refractivity contribution in [2.24, 2.45) is 5.73 Å². The van der Waals surface area contributed by atoms with E-state index >= 15 is 0 Å². The summed E-state index contributed by atoms with van der Waals surface area (Å²) in [5.41, 5.74) is 11.5. The number of hydrogen-bond donors (Lipinski definition) is 2. The third-order valence-corrected chi connectivity index (χ3v) is 3.63. The third-order valence-electron chi connectivity index (χ3n) is 3.41. The Balaban J connectivity index is 2.21. The van der Waals surface area contributed by atoms with E-state index in [4.69, 9.17) is 18.0 Å². The molecule has 3 heteroatoms. The van der Waals surface area contributed by atoms with Crippen molar-refractivity contribution >= 4 is 22.9 Å². The minimum atomic E-state index is 0.431. The summed E-state index contributed by atoms with van der Waals surface area (Å²) in [5, 5.41) is 3.45. The van der Waals surface area contributed by atoms with Gasteiger partial charge in [0.25, 0.3) is 0 Å². The second kappa shape index (κ2) is 6.53. The standard InChI is InChI=1S/C17H20N2S/c1-3-13-6-4-5-7-14(13)11-19-16-9-8-12(2)10-15(16)17(18)20/h4-10,19H,3,11H2,1-2H3,(H2,18,20). The lowest BCUT2D eigenvalue weighted by molar-refractivity contribution is 1.04. The average molecular weight is 284 g/mol. The molecule has 0 radical (unpaired) electrons. The molecule has 0 aliphatic rings. The highest BCUT2D eigenvalue weighted by Gasteiger charge is 2.06. The van der Waals surface area contributed by atoms with Gasteiger partial charge in [-0.05, 0) is 36.6 Å². The maximum absolute atomic E-state index is 5.80. The van der Waals surface area contributed by atoms with E-state index < -0.39 is 0 Å². The lowest BCUT2D eigenvalue weighted by Gasteiger charge is -2.14. The fourth-order valence-electron chi connectivity index (χ4n) is 2.28. The Morgan fingerprint density at radius 1 is 1.15 bits per heavy atom. The van der Waals surface area contributed by atoms with Crippen molar-refractivity contribution in [3.05, 3.63) is 64.7 Å². The first-order chi connectivity index (χ1) is 9.61. The highest BCUT2D eigenvalue weighted by molar-refractivity contribution is 7.80. The van der Waals surface area contributed by atoms with Crippen LogP contribution in [0.25, 0.3) is 0 Å². The van der Waals surface area contributed by atoms with E-state index in [1.807, 2.05) is 19.1 Å². The molecule has 0 fully saturated rings. The molecule has 20 heavy (non-hydrogen) atoms. The van der Waals surface area contributed by atoms with Gasteiger partial charge in [0.15, 0.2) is 0 Å². The lowest BCUT2D eigenvalue weighted by Crippen LogP contribution is -2.13. The minimum Gasteiger partial charge on any atom is -0.389 e. The second-order valence-corrected chi connectivity index (χ2v) is 5.33. The van der Waals surface area contributed by atoms with Crippen molar-refractivity contribution in [2.75, 3.05) is 5.32 Å². The summed E-state index contributed by atoms with van der Waals surface area (Å²) in [6, 6.07) is 14.6. The van der Waals surface area contributed by atoms with Crippen molar-refractivity contribution in [1.29, 1.82) is 0 Å². The summed E-state index contributed by atoms with van der Waals surface area (Å²) in [7, 11) is 0. The molecule has 0 atom stereocenters. The first-order valence-corrected chi connectivity index (χ1v) is 7.23. The van der Waals surface area contributed by atoms with E-state index in [-0.39, 0.29) is 0 Å². The first-order valence-electron chi connectivity index (χ1n) is 6.83. The molecule has 2 aromatic rings. The second-order valence-electron chi connectivity index (χ2n) is 4.89. The van der Waals surface area contributed by atoms with Gasteiger partial charge in [0, 0.05) is 17.8 Å². The SMILES string of the molecule is CCc1ccccc1CNc1ccc(C)cc1C(N)=S. The van der Waals surface area contributed by atoms with Gasteiger partial charge in [-0.3, -0.25) is 0 Å². The Hall–Kier alpha value is -1.87. The van der Waals surface area contributed by atoms with E-state index in [9.17, 15) is 0 Å². The van der Waals surface area contributed by atoms with Crippen LogP contribution >= 0.6 is 12.2 Å². The molecule has 2 rings (SSSR count). The van der Waals surface area contributed by atoms with Crippen molar-refractivity contribution in [1.82, 2.24) is 0 Å². The van der Waals surface area contributed by atoms with Crippen LogP contribution in [0.15, 0.2) is 42.5 Å². The van der Waals surface area contributed by atoms with E-state index in [1.54, 1.807) is 0 Å². The van der Waals surface area contributed by atoms with Gasteiger partial charge in [-0.1, -0.05) is 55.0 Å². The largest absolute Gasteiger partial charge is 0.389 e. The highest BCUT2D eigenvalue weighted by atomic mass is 32.1. The molecule has 0 saturated heterocycles. The van der Waals surface area contributed by atoms with E-state index in [1.165, 1.54) is 11.1 Å². The number of rotatable bonds is 5. The Labute approximate surface area is 126 Å². The minimum absolute atomic E-state index is 0.431. The van der Waals surface area contributed by atoms with Gasteiger partial charge in [-0.15, -0.1) is 0 Å². The van der Waals surface area contributed by atoms with Crippen LogP contribution < -0.4 is 11.1 Å². The molecule has 0 unspecified atom stereocenters. The van der Waals surface area contributed by atoms with Gasteiger partial charge in [-0.2, -0.15) is 0 Å². The molecule has 0 saturated carbocycles. The number of anilines is 1. The lowest BCUT2D eigenvalue weighted by atomic mass is 10.0. The Morgan fingerprint density at radius 2 is 1.85 bits per heavy atom. The number of thiocarbonyl (C=S) groups is 1. The van der Waals surface area contributed by atoms with Crippen LogP contribution in [0.2, 0.25) is 0 Å². The van der Waals surface area contributed by atoms with Crippen molar-refractivity contribution in [3.63, 3.8) is 0 Å². The number of nitrogens with one attached hydrogen (secondary N) is 1. The quantitative estimate of drug-likeness (QED) is 0.820. The molecule has 0 aromatic heterocycles. The predicted octanol–water partition coefficient (Wildman–Crippen LogP) is 3.80. The number of benzene rings is 2. The number of hydrogen-bond acceptors (Lipinski definition) is 2. The van der Waals surface area contributed by atoms with Crippen LogP contribution in [0, 0.1) is 6.92 Å². The third kappa shape index (κ3) is 3.36. The van der Waals surface area contributed by atoms with Gasteiger partial charge in [0.2, 0.25) is 0 Å². The molecule has 104 valence electrons. The summed E-state index contributed by atoms with van der Waals surface area (Å²) in [4.78, 5) is 0.431. The monoisotopic (exact) mass is 284 g/mol. The van der Waals surface area contributed by atoms with Crippen LogP contribution in [0.3, 0.4) is 0 Å². The van der Waals surface area contributed by atoms with Gasteiger partial charge >= 0.3 is 0 Å². The first kappa shape index (κ1) is 14.5. The molecule has 0 heterocycles. The summed E-state index contributed by atoms with van der Waals surface area (Å²) < 4.78 is 0. The van der Waals surface area contributed by atoms with Crippen LogP contribution in [0.5, 0.6) is 0 Å². The van der Waals surface area contributed by atoms with Crippen molar-refractivity contribution < 1.29 is 0 Å². The predicted molar refractivity (Wildman–Crippen MR) is 90.2 cm³/mol.